The van der Waals surface area contributed by atoms with Crippen molar-refractivity contribution in [3.8, 4) is 0 Å². The fraction of sp³-hybridized carbons (Fsp3) is 0.750. The maximum Gasteiger partial charge on any atom is 0.241 e. The fourth-order valence-electron chi connectivity index (χ4n) is 1.66. The SMILES string of the molecule is CCC(=O)[C@](O)(C(=O)C(=O)[C@H](C)N)[C@@H](O)[C@H](O)[C@H](O)CO. The molecule has 0 aliphatic heterocycles. The third kappa shape index (κ3) is 3.90. The topological polar surface area (TPSA) is 178 Å². The normalized spacial score (nSPS) is 20.0. The van der Waals surface area contributed by atoms with Gasteiger partial charge in [0.15, 0.2) is 5.78 Å². The van der Waals surface area contributed by atoms with Crippen molar-refractivity contribution in [1.82, 2.24) is 0 Å². The molecule has 0 unspecified atom stereocenters. The minimum atomic E-state index is -3.24. The maximum atomic E-state index is 11.9. The van der Waals surface area contributed by atoms with Crippen molar-refractivity contribution in [1.29, 1.82) is 0 Å². The van der Waals surface area contributed by atoms with E-state index >= 15 is 0 Å². The summed E-state index contributed by atoms with van der Waals surface area (Å²) in [5, 5.41) is 47.5. The van der Waals surface area contributed by atoms with Gasteiger partial charge in [-0.1, -0.05) is 6.92 Å². The van der Waals surface area contributed by atoms with Crippen LogP contribution in [-0.2, 0) is 14.4 Å². The summed E-state index contributed by atoms with van der Waals surface area (Å²) >= 11 is 0. The molecule has 0 radical (unpaired) electrons. The van der Waals surface area contributed by atoms with Crippen LogP contribution < -0.4 is 5.73 Å². The molecule has 0 saturated carbocycles. The standard InChI is InChI=1S/C12H21NO8/c1-3-7(16)12(21,10(19)8(17)5(2)13)11(20)9(18)6(15)4-14/h5-6,9,11,14-15,18,20-21H,3-4,13H2,1-2H3/t5-,6+,9+,11-,12-/m0/s1. The molecule has 0 spiro atoms. The van der Waals surface area contributed by atoms with Gasteiger partial charge in [0.05, 0.1) is 12.6 Å². The Bertz CT molecular complexity index is 410. The van der Waals surface area contributed by atoms with Gasteiger partial charge in [0.2, 0.25) is 17.2 Å². The molecule has 0 amide bonds. The van der Waals surface area contributed by atoms with Crippen molar-refractivity contribution in [2.24, 2.45) is 5.73 Å². The molecule has 7 N–H and O–H groups in total. The lowest BCUT2D eigenvalue weighted by Crippen LogP contribution is -2.65. The van der Waals surface area contributed by atoms with Crippen LogP contribution in [0.4, 0.5) is 0 Å². The van der Waals surface area contributed by atoms with Gasteiger partial charge in [-0.05, 0) is 6.92 Å². The number of aliphatic hydroxyl groups excluding tert-OH is 4. The van der Waals surface area contributed by atoms with E-state index in [0.29, 0.717) is 0 Å². The van der Waals surface area contributed by atoms with Crippen LogP contribution in [0.15, 0.2) is 0 Å². The average Bonchev–Trinajstić information content (AvgIpc) is 2.48. The zero-order chi connectivity index (χ0) is 17.0. The van der Waals surface area contributed by atoms with Gasteiger partial charge in [0, 0.05) is 6.42 Å². The first kappa shape index (κ1) is 19.8. The van der Waals surface area contributed by atoms with Crippen molar-refractivity contribution in [3.63, 3.8) is 0 Å². The molecular formula is C12H21NO8. The van der Waals surface area contributed by atoms with E-state index < -0.39 is 60.3 Å². The van der Waals surface area contributed by atoms with Crippen LogP contribution in [0.5, 0.6) is 0 Å². The second-order valence-electron chi connectivity index (χ2n) is 4.71. The van der Waals surface area contributed by atoms with Gasteiger partial charge in [-0.25, -0.2) is 0 Å². The summed E-state index contributed by atoms with van der Waals surface area (Å²) < 4.78 is 0. The Balaban J connectivity index is 5.71. The summed E-state index contributed by atoms with van der Waals surface area (Å²) in [6, 6.07) is -1.33. The average molecular weight is 307 g/mol. The molecule has 0 aromatic carbocycles. The number of rotatable bonds is 9. The molecule has 9 nitrogen and oxygen atoms in total. The molecule has 122 valence electrons. The van der Waals surface area contributed by atoms with E-state index in [-0.39, 0.29) is 0 Å². The molecule has 0 aliphatic rings. The highest BCUT2D eigenvalue weighted by Crippen LogP contribution is 2.21. The Hall–Kier alpha value is -1.23. The van der Waals surface area contributed by atoms with Crippen molar-refractivity contribution >= 4 is 17.3 Å². The zero-order valence-corrected chi connectivity index (χ0v) is 11.8. The van der Waals surface area contributed by atoms with Gasteiger partial charge in [-0.15, -0.1) is 0 Å². The van der Waals surface area contributed by atoms with Crippen LogP contribution in [-0.4, -0.2) is 79.4 Å². The lowest BCUT2D eigenvalue weighted by atomic mass is 9.79. The van der Waals surface area contributed by atoms with E-state index in [2.05, 4.69) is 0 Å². The monoisotopic (exact) mass is 307 g/mol. The van der Waals surface area contributed by atoms with Crippen LogP contribution in [0.1, 0.15) is 20.3 Å². The first-order valence-corrected chi connectivity index (χ1v) is 6.30. The number of carbonyl (C=O) groups is 3. The zero-order valence-electron chi connectivity index (χ0n) is 11.8. The van der Waals surface area contributed by atoms with E-state index in [1.54, 1.807) is 0 Å². The molecular weight excluding hydrogens is 286 g/mol. The highest BCUT2D eigenvalue weighted by Gasteiger charge is 2.55. The van der Waals surface area contributed by atoms with Crippen LogP contribution >= 0.6 is 0 Å². The Morgan fingerprint density at radius 1 is 1.19 bits per heavy atom. The van der Waals surface area contributed by atoms with E-state index in [1.807, 2.05) is 0 Å². The predicted octanol–water partition coefficient (Wildman–Crippen LogP) is -3.74. The molecule has 0 fully saturated rings. The van der Waals surface area contributed by atoms with Gasteiger partial charge >= 0.3 is 0 Å². The summed E-state index contributed by atoms with van der Waals surface area (Å²) in [5.74, 6) is -4.22. The number of hydrogen-bond donors (Lipinski definition) is 6. The van der Waals surface area contributed by atoms with Crippen molar-refractivity contribution in [2.45, 2.75) is 50.2 Å². The van der Waals surface area contributed by atoms with E-state index in [4.69, 9.17) is 10.8 Å². The molecule has 0 saturated heterocycles. The molecule has 21 heavy (non-hydrogen) atoms. The van der Waals surface area contributed by atoms with Gasteiger partial charge in [-0.2, -0.15) is 0 Å². The van der Waals surface area contributed by atoms with Crippen molar-refractivity contribution in [2.75, 3.05) is 6.61 Å². The lowest BCUT2D eigenvalue weighted by molar-refractivity contribution is -0.182. The smallest absolute Gasteiger partial charge is 0.241 e. The Morgan fingerprint density at radius 2 is 1.67 bits per heavy atom. The van der Waals surface area contributed by atoms with Crippen molar-refractivity contribution < 1.29 is 39.9 Å². The number of nitrogens with two attached hydrogens (primary N) is 1. The van der Waals surface area contributed by atoms with Crippen molar-refractivity contribution in [3.05, 3.63) is 0 Å². The Kier molecular flexibility index (Phi) is 7.24. The number of Topliss-reactive ketones (excluding diaryl/α,β-unsaturated/α-hetero) is 3. The molecule has 0 aromatic rings. The number of aliphatic hydroxyl groups is 5. The van der Waals surface area contributed by atoms with Gasteiger partial charge in [0.25, 0.3) is 0 Å². The minimum Gasteiger partial charge on any atom is -0.394 e. The molecule has 9 heteroatoms. The fourth-order valence-corrected chi connectivity index (χ4v) is 1.66. The molecule has 0 heterocycles. The summed E-state index contributed by atoms with van der Waals surface area (Å²) in [5.41, 5.74) is 1.97. The van der Waals surface area contributed by atoms with Crippen LogP contribution in [0.3, 0.4) is 0 Å². The van der Waals surface area contributed by atoms with Gasteiger partial charge in [0.1, 0.15) is 18.3 Å². The molecule has 0 aromatic heterocycles. The molecule has 0 aliphatic carbocycles. The van der Waals surface area contributed by atoms with E-state index in [1.165, 1.54) is 6.92 Å². The lowest BCUT2D eigenvalue weighted by Gasteiger charge is -2.33. The highest BCUT2D eigenvalue weighted by molar-refractivity contribution is 6.46. The quantitative estimate of drug-likeness (QED) is 0.184. The highest BCUT2D eigenvalue weighted by atomic mass is 16.4. The van der Waals surface area contributed by atoms with E-state index in [9.17, 15) is 34.8 Å². The number of hydrogen-bond acceptors (Lipinski definition) is 9. The summed E-state index contributed by atoms with van der Waals surface area (Å²) in [6.07, 6.45) is -7.06. The van der Waals surface area contributed by atoms with Crippen LogP contribution in [0.2, 0.25) is 0 Å². The number of ketones is 3. The van der Waals surface area contributed by atoms with Gasteiger partial charge < -0.3 is 31.3 Å². The summed E-state index contributed by atoms with van der Waals surface area (Å²) in [6.45, 7) is 1.41. The molecule has 5 atom stereocenters. The molecule has 0 rings (SSSR count). The third-order valence-corrected chi connectivity index (χ3v) is 3.06. The van der Waals surface area contributed by atoms with Crippen LogP contribution in [0, 0.1) is 0 Å². The Labute approximate surface area is 121 Å². The summed E-state index contributed by atoms with van der Waals surface area (Å²) in [7, 11) is 0. The third-order valence-electron chi connectivity index (χ3n) is 3.06. The molecule has 0 bridgehead atoms. The summed E-state index contributed by atoms with van der Waals surface area (Å²) in [4.78, 5) is 35.3. The predicted molar refractivity (Wildman–Crippen MR) is 69.0 cm³/mol. The number of carbonyl (C=O) groups excluding carboxylic acids is 3. The maximum absolute atomic E-state index is 11.9. The van der Waals surface area contributed by atoms with Gasteiger partial charge in [-0.3, -0.25) is 14.4 Å². The minimum absolute atomic E-state index is 0.423. The second-order valence-corrected chi connectivity index (χ2v) is 4.71. The Morgan fingerprint density at radius 3 is 2.00 bits per heavy atom. The first-order chi connectivity index (χ1) is 9.55. The second kappa shape index (κ2) is 7.69. The largest absolute Gasteiger partial charge is 0.394 e. The first-order valence-electron chi connectivity index (χ1n) is 6.30. The van der Waals surface area contributed by atoms with Crippen LogP contribution in [0.25, 0.3) is 0 Å². The van der Waals surface area contributed by atoms with E-state index in [0.717, 1.165) is 6.92 Å².